The van der Waals surface area contributed by atoms with E-state index in [-0.39, 0.29) is 74.0 Å². The summed E-state index contributed by atoms with van der Waals surface area (Å²) < 4.78 is 22.4. The number of esters is 2. The van der Waals surface area contributed by atoms with Crippen LogP contribution in [0.25, 0.3) is 0 Å². The van der Waals surface area contributed by atoms with Crippen molar-refractivity contribution in [2.75, 3.05) is 6.61 Å². The maximum atomic E-state index is 13.4. The first kappa shape index (κ1) is 37.4. The molecule has 0 spiro atoms. The second-order valence-corrected chi connectivity index (χ2v) is 13.7. The maximum Gasteiger partial charge on any atom is 0.338 e. The zero-order chi connectivity index (χ0) is 33.4. The number of nitrogens with one attached hydrogen (secondary N) is 1. The van der Waals surface area contributed by atoms with Gasteiger partial charge >= 0.3 is 11.9 Å². The van der Waals surface area contributed by atoms with E-state index < -0.39 is 101 Å². The number of ether oxygens (including phenoxy) is 3. The molecule has 1 saturated heterocycles. The standard InChI is InChI=1S/C31H43NO13.Ac/c1-13-17(45-27(39)23(37)21(32-14(2)33)16-8-7-9-42-16)11-31(41)26(44-15(3)34)24-29(6,18(35)10-19-30(24,40)12-43-19)25(38)22(36)20(13)28(31,4)5;/h7-9,17-19,21-26,35-38,40-41H,10-12H2,1-6H3,(H,32,33);/t17-,18-,19+,21-,22+,23+,24-,25+,26-,29+,30-,31+;/m0./s1. The Balaban J connectivity index is 0.00000480. The van der Waals surface area contributed by atoms with E-state index in [0.29, 0.717) is 0 Å². The van der Waals surface area contributed by atoms with Crippen LogP contribution in [0.5, 0.6) is 0 Å². The number of hydrogen-bond acceptors (Lipinski definition) is 13. The molecule has 2 heterocycles. The van der Waals surface area contributed by atoms with Crippen molar-refractivity contribution in [3.63, 3.8) is 0 Å². The van der Waals surface area contributed by atoms with E-state index in [4.69, 9.17) is 18.6 Å². The molecule has 1 aromatic heterocycles. The maximum absolute atomic E-state index is 13.4. The minimum absolute atomic E-state index is 0. The number of aliphatic hydroxyl groups is 6. The third kappa shape index (κ3) is 5.51. The van der Waals surface area contributed by atoms with E-state index in [9.17, 15) is 45.0 Å². The predicted molar refractivity (Wildman–Crippen MR) is 152 cm³/mol. The largest absolute Gasteiger partial charge is 0.467 e. The normalized spacial score (nSPS) is 40.7. The van der Waals surface area contributed by atoms with Crippen molar-refractivity contribution in [2.24, 2.45) is 16.7 Å². The van der Waals surface area contributed by atoms with Gasteiger partial charge in [-0.1, -0.05) is 20.8 Å². The van der Waals surface area contributed by atoms with Gasteiger partial charge < -0.3 is 54.6 Å². The molecule has 7 N–H and O–H groups in total. The Kier molecular flexibility index (Phi) is 10.4. The molecular weight excluding hydrogens is 821 g/mol. The van der Waals surface area contributed by atoms with Crippen LogP contribution in [0.2, 0.25) is 0 Å². The van der Waals surface area contributed by atoms with Gasteiger partial charge in [-0.25, -0.2) is 4.79 Å². The quantitative estimate of drug-likeness (QED) is 0.140. The summed E-state index contributed by atoms with van der Waals surface area (Å²) in [5.74, 6) is -3.86. The summed E-state index contributed by atoms with van der Waals surface area (Å²) in [6.45, 7) is 8.23. The van der Waals surface area contributed by atoms with Crippen molar-refractivity contribution in [2.45, 2.75) is 114 Å². The van der Waals surface area contributed by atoms with Gasteiger partial charge in [0.05, 0.1) is 31.2 Å². The predicted octanol–water partition coefficient (Wildman–Crippen LogP) is -0.609. The monoisotopic (exact) mass is 864 g/mol. The van der Waals surface area contributed by atoms with Gasteiger partial charge in [-0.15, -0.1) is 0 Å². The average Bonchev–Trinajstić information content (AvgIpc) is 3.48. The van der Waals surface area contributed by atoms with Crippen molar-refractivity contribution in [3.05, 3.63) is 35.3 Å². The number of fused-ring (bicyclic) bond motifs is 5. The molecule has 2 bridgehead atoms. The van der Waals surface area contributed by atoms with Crippen LogP contribution in [0.4, 0.5) is 0 Å². The van der Waals surface area contributed by atoms with Gasteiger partial charge in [-0.3, -0.25) is 9.59 Å². The topological polar surface area (TPSA) is 225 Å². The first-order valence-corrected chi connectivity index (χ1v) is 15.0. The Bertz CT molecular complexity index is 1380. The van der Waals surface area contributed by atoms with Gasteiger partial charge in [-0.05, 0) is 30.2 Å². The number of hydrogen-bond donors (Lipinski definition) is 7. The Labute approximate surface area is 302 Å². The number of amides is 1. The van der Waals surface area contributed by atoms with Gasteiger partial charge in [0.2, 0.25) is 5.91 Å². The van der Waals surface area contributed by atoms with E-state index in [1.54, 1.807) is 13.8 Å². The Morgan fingerprint density at radius 1 is 1.09 bits per heavy atom. The molecule has 15 heteroatoms. The van der Waals surface area contributed by atoms with Crippen LogP contribution in [0.15, 0.2) is 34.0 Å². The molecule has 5 rings (SSSR count). The SMILES string of the molecule is CC(=O)N[C@@H](c1ccco1)[C@@H](O)C(=O)O[C@H]1C[C@@]2(O)[C@@H](OC(C)=O)[C@@H]3[C@]4(O)CO[C@@H]4C[C@H](O)[C@@]3(C)[C@H](O)[C@H](O)C(=C1C)C2(C)C.[Ac]. The third-order valence-corrected chi connectivity index (χ3v) is 10.9. The molecule has 0 unspecified atom stereocenters. The molecule has 3 aliphatic carbocycles. The van der Waals surface area contributed by atoms with Gasteiger partial charge in [0, 0.05) is 87.5 Å². The zero-order valence-corrected chi connectivity index (χ0v) is 31.4. The van der Waals surface area contributed by atoms with E-state index >= 15 is 0 Å². The van der Waals surface area contributed by atoms with E-state index in [0.717, 1.165) is 6.92 Å². The smallest absolute Gasteiger partial charge is 0.338 e. The van der Waals surface area contributed by atoms with Crippen molar-refractivity contribution >= 4 is 17.8 Å². The summed E-state index contributed by atoms with van der Waals surface area (Å²) in [5, 5.41) is 73.3. The molecule has 2 saturated carbocycles. The molecule has 4 aliphatic rings. The fourth-order valence-electron chi connectivity index (χ4n) is 8.36. The Hall–Kier alpha value is -1.41. The fourth-order valence-corrected chi connectivity index (χ4v) is 8.36. The second-order valence-electron chi connectivity index (χ2n) is 13.7. The van der Waals surface area contributed by atoms with Crippen LogP contribution >= 0.6 is 0 Å². The van der Waals surface area contributed by atoms with E-state index in [1.165, 1.54) is 39.2 Å². The molecular formula is C31H43AcNO13. The van der Waals surface area contributed by atoms with Crippen molar-refractivity contribution in [1.82, 2.24) is 5.32 Å². The molecule has 1 radical (unpaired) electrons. The number of furan rings is 1. The molecule has 46 heavy (non-hydrogen) atoms. The Morgan fingerprint density at radius 2 is 1.74 bits per heavy atom. The summed E-state index contributed by atoms with van der Waals surface area (Å²) in [5.41, 5.74) is -6.80. The molecule has 0 aromatic carbocycles. The summed E-state index contributed by atoms with van der Waals surface area (Å²) in [6.07, 6.45) is -9.86. The van der Waals surface area contributed by atoms with Gasteiger partial charge in [-0.2, -0.15) is 0 Å². The number of carbonyl (C=O) groups excluding carboxylic acids is 3. The summed E-state index contributed by atoms with van der Waals surface area (Å²) in [6, 6.07) is 1.64. The summed E-state index contributed by atoms with van der Waals surface area (Å²) in [7, 11) is 0. The second kappa shape index (κ2) is 12.8. The molecule has 3 fully saturated rings. The minimum Gasteiger partial charge on any atom is -0.467 e. The van der Waals surface area contributed by atoms with Crippen LogP contribution < -0.4 is 5.32 Å². The average molecular weight is 865 g/mol. The van der Waals surface area contributed by atoms with Gasteiger partial charge in [0.25, 0.3) is 0 Å². The Morgan fingerprint density at radius 3 is 2.26 bits per heavy atom. The molecule has 1 aliphatic heterocycles. The molecule has 1 amide bonds. The van der Waals surface area contributed by atoms with Crippen LogP contribution in [0.3, 0.4) is 0 Å². The number of aliphatic hydroxyl groups excluding tert-OH is 4. The van der Waals surface area contributed by atoms with Crippen molar-refractivity contribution in [3.8, 4) is 0 Å². The molecule has 14 nitrogen and oxygen atoms in total. The van der Waals surface area contributed by atoms with Crippen molar-refractivity contribution < 1.29 is 108 Å². The summed E-state index contributed by atoms with van der Waals surface area (Å²) >= 11 is 0. The minimum atomic E-state index is -2.18. The van der Waals surface area contributed by atoms with Crippen LogP contribution in [-0.2, 0) is 28.6 Å². The first-order chi connectivity index (χ1) is 20.8. The van der Waals surface area contributed by atoms with Crippen LogP contribution in [-0.4, -0.2) is 109 Å². The number of rotatable bonds is 6. The van der Waals surface area contributed by atoms with Gasteiger partial charge in [0.1, 0.15) is 41.3 Å². The molecule has 12 atom stereocenters. The van der Waals surface area contributed by atoms with E-state index in [2.05, 4.69) is 5.32 Å². The molecule has 1 aromatic rings. The summed E-state index contributed by atoms with van der Waals surface area (Å²) in [4.78, 5) is 38.0. The third-order valence-electron chi connectivity index (χ3n) is 10.9. The zero-order valence-electron chi connectivity index (χ0n) is 26.7. The fraction of sp³-hybridized carbons (Fsp3) is 0.710. The van der Waals surface area contributed by atoms with Gasteiger partial charge in [0.15, 0.2) is 6.10 Å². The van der Waals surface area contributed by atoms with E-state index in [1.807, 2.05) is 0 Å². The van der Waals surface area contributed by atoms with Crippen LogP contribution in [0.1, 0.15) is 66.2 Å². The molecule has 253 valence electrons. The van der Waals surface area contributed by atoms with Crippen molar-refractivity contribution in [1.29, 1.82) is 0 Å². The number of carbonyl (C=O) groups is 3. The first-order valence-electron chi connectivity index (χ1n) is 15.0. The van der Waals surface area contributed by atoms with Crippen LogP contribution in [0, 0.1) is 60.8 Å².